The Kier molecular flexibility index (Phi) is 5.69. The number of aromatic nitrogens is 2. The minimum Gasteiger partial charge on any atom is -0.497 e. The Morgan fingerprint density at radius 1 is 1.08 bits per heavy atom. The summed E-state index contributed by atoms with van der Waals surface area (Å²) in [6.45, 7) is 2.19. The number of benzene rings is 2. The van der Waals surface area contributed by atoms with Crippen LogP contribution >= 0.6 is 0 Å². The van der Waals surface area contributed by atoms with Crippen molar-refractivity contribution in [3.8, 4) is 17.0 Å². The first-order valence-electron chi connectivity index (χ1n) is 8.79. The number of aromatic amines is 1. The Hall–Kier alpha value is -3.08. The summed E-state index contributed by atoms with van der Waals surface area (Å²) in [7, 11) is 1.62. The molecule has 0 saturated carbocycles. The first-order valence-corrected chi connectivity index (χ1v) is 8.79. The zero-order chi connectivity index (χ0) is 18.4. The van der Waals surface area contributed by atoms with Gasteiger partial charge in [0.15, 0.2) is 0 Å². The van der Waals surface area contributed by atoms with Crippen molar-refractivity contribution in [2.75, 3.05) is 12.4 Å². The van der Waals surface area contributed by atoms with Crippen molar-refractivity contribution < 1.29 is 4.74 Å². The van der Waals surface area contributed by atoms with E-state index in [2.05, 4.69) is 34.3 Å². The van der Waals surface area contributed by atoms with Crippen LogP contribution in [0, 0.1) is 0 Å². The first-order chi connectivity index (χ1) is 12.7. The second kappa shape index (κ2) is 8.34. The van der Waals surface area contributed by atoms with Crippen molar-refractivity contribution in [3.63, 3.8) is 0 Å². The van der Waals surface area contributed by atoms with E-state index in [-0.39, 0.29) is 5.56 Å². The zero-order valence-electron chi connectivity index (χ0n) is 15.1. The molecular weight excluding hydrogens is 326 g/mol. The summed E-state index contributed by atoms with van der Waals surface area (Å²) >= 11 is 0. The molecule has 2 N–H and O–H groups in total. The summed E-state index contributed by atoms with van der Waals surface area (Å²) < 4.78 is 5.16. The predicted molar refractivity (Wildman–Crippen MR) is 105 cm³/mol. The SMILES string of the molecule is CCCCc1ccc(Nc2nc(-c3ccc(OC)cc3)cc(=O)[nH]2)cc1. The lowest BCUT2D eigenvalue weighted by molar-refractivity contribution is 0.415. The van der Waals surface area contributed by atoms with Crippen molar-refractivity contribution in [1.29, 1.82) is 0 Å². The van der Waals surface area contributed by atoms with Gasteiger partial charge in [0, 0.05) is 17.3 Å². The van der Waals surface area contributed by atoms with Crippen LogP contribution in [0.25, 0.3) is 11.3 Å². The molecule has 0 bridgehead atoms. The van der Waals surface area contributed by atoms with Crippen molar-refractivity contribution in [3.05, 3.63) is 70.5 Å². The molecule has 1 aromatic heterocycles. The molecule has 0 aliphatic rings. The van der Waals surface area contributed by atoms with Crippen LogP contribution in [0.5, 0.6) is 5.75 Å². The Morgan fingerprint density at radius 3 is 2.46 bits per heavy atom. The fraction of sp³-hybridized carbons (Fsp3) is 0.238. The molecule has 0 atom stereocenters. The van der Waals surface area contributed by atoms with E-state index >= 15 is 0 Å². The number of nitrogens with one attached hydrogen (secondary N) is 2. The summed E-state index contributed by atoms with van der Waals surface area (Å²) in [6, 6.07) is 17.2. The van der Waals surface area contributed by atoms with Gasteiger partial charge in [0.1, 0.15) is 5.75 Å². The molecule has 0 aliphatic carbocycles. The molecule has 0 spiro atoms. The highest BCUT2D eigenvalue weighted by atomic mass is 16.5. The summed E-state index contributed by atoms with van der Waals surface area (Å²) in [5.74, 6) is 1.18. The minimum absolute atomic E-state index is 0.201. The minimum atomic E-state index is -0.201. The van der Waals surface area contributed by atoms with E-state index in [1.807, 2.05) is 36.4 Å². The van der Waals surface area contributed by atoms with Crippen LogP contribution in [0.1, 0.15) is 25.3 Å². The average Bonchev–Trinajstić information content (AvgIpc) is 2.67. The van der Waals surface area contributed by atoms with Crippen molar-refractivity contribution >= 4 is 11.6 Å². The lowest BCUT2D eigenvalue weighted by Crippen LogP contribution is -2.10. The topological polar surface area (TPSA) is 67.0 Å². The smallest absolute Gasteiger partial charge is 0.252 e. The largest absolute Gasteiger partial charge is 0.497 e. The molecule has 0 unspecified atom stereocenters. The number of methoxy groups -OCH3 is 1. The van der Waals surface area contributed by atoms with Crippen LogP contribution in [0.15, 0.2) is 59.4 Å². The highest BCUT2D eigenvalue weighted by Crippen LogP contribution is 2.21. The number of hydrogen-bond donors (Lipinski definition) is 2. The van der Waals surface area contributed by atoms with Gasteiger partial charge in [-0.3, -0.25) is 9.78 Å². The van der Waals surface area contributed by atoms with Crippen LogP contribution in [0.3, 0.4) is 0 Å². The van der Waals surface area contributed by atoms with Gasteiger partial charge in [-0.15, -0.1) is 0 Å². The number of H-pyrrole nitrogens is 1. The Balaban J connectivity index is 1.80. The van der Waals surface area contributed by atoms with Crippen molar-refractivity contribution in [2.24, 2.45) is 0 Å². The van der Waals surface area contributed by atoms with E-state index in [9.17, 15) is 4.79 Å². The third kappa shape index (κ3) is 4.51. The lowest BCUT2D eigenvalue weighted by Gasteiger charge is -2.09. The van der Waals surface area contributed by atoms with E-state index in [1.54, 1.807) is 7.11 Å². The number of rotatable bonds is 7. The molecule has 134 valence electrons. The number of hydrogen-bond acceptors (Lipinski definition) is 4. The highest BCUT2D eigenvalue weighted by Gasteiger charge is 2.05. The number of ether oxygens (including phenoxy) is 1. The molecule has 0 fully saturated rings. The second-order valence-corrected chi connectivity index (χ2v) is 6.13. The molecule has 5 heteroatoms. The number of nitrogens with zero attached hydrogens (tertiary/aromatic N) is 1. The van der Waals surface area contributed by atoms with Gasteiger partial charge in [0.25, 0.3) is 5.56 Å². The molecule has 3 rings (SSSR count). The third-order valence-corrected chi connectivity index (χ3v) is 4.16. The maximum Gasteiger partial charge on any atom is 0.252 e. The normalized spacial score (nSPS) is 10.5. The Morgan fingerprint density at radius 2 is 1.81 bits per heavy atom. The zero-order valence-corrected chi connectivity index (χ0v) is 15.1. The molecule has 0 radical (unpaired) electrons. The molecule has 2 aromatic carbocycles. The van der Waals surface area contributed by atoms with Gasteiger partial charge in [-0.05, 0) is 54.8 Å². The van der Waals surface area contributed by atoms with Crippen LogP contribution < -0.4 is 15.6 Å². The van der Waals surface area contributed by atoms with E-state index in [1.165, 1.54) is 24.5 Å². The summed E-state index contributed by atoms with van der Waals surface area (Å²) in [5, 5.41) is 3.17. The summed E-state index contributed by atoms with van der Waals surface area (Å²) in [5.41, 5.74) is 3.47. The van der Waals surface area contributed by atoms with Crippen LogP contribution in [0.2, 0.25) is 0 Å². The average molecular weight is 349 g/mol. The standard InChI is InChI=1S/C21H23N3O2/c1-3-4-5-15-6-10-17(11-7-15)22-21-23-19(14-20(25)24-21)16-8-12-18(26-2)13-9-16/h6-14H,3-5H2,1-2H3,(H2,22,23,24,25). The fourth-order valence-corrected chi connectivity index (χ4v) is 2.70. The molecule has 3 aromatic rings. The van der Waals surface area contributed by atoms with Gasteiger partial charge in [-0.25, -0.2) is 4.98 Å². The lowest BCUT2D eigenvalue weighted by atomic mass is 10.1. The summed E-state index contributed by atoms with van der Waals surface area (Å²) in [4.78, 5) is 19.3. The first kappa shape index (κ1) is 17.7. The van der Waals surface area contributed by atoms with E-state index in [4.69, 9.17) is 4.74 Å². The number of anilines is 2. The molecule has 0 amide bonds. The molecule has 1 heterocycles. The van der Waals surface area contributed by atoms with Gasteiger partial charge in [-0.2, -0.15) is 0 Å². The summed E-state index contributed by atoms with van der Waals surface area (Å²) in [6.07, 6.45) is 3.45. The molecular formula is C21H23N3O2. The monoisotopic (exact) mass is 349 g/mol. The van der Waals surface area contributed by atoms with Gasteiger partial charge in [0.2, 0.25) is 5.95 Å². The quantitative estimate of drug-likeness (QED) is 0.657. The Bertz CT molecular complexity index is 900. The van der Waals surface area contributed by atoms with Crippen LogP contribution in [0.4, 0.5) is 11.6 Å². The van der Waals surface area contributed by atoms with Crippen LogP contribution in [-0.4, -0.2) is 17.1 Å². The van der Waals surface area contributed by atoms with E-state index in [0.29, 0.717) is 11.6 Å². The molecule has 0 aliphatic heterocycles. The second-order valence-electron chi connectivity index (χ2n) is 6.13. The van der Waals surface area contributed by atoms with Gasteiger partial charge < -0.3 is 10.1 Å². The fourth-order valence-electron chi connectivity index (χ4n) is 2.70. The van der Waals surface area contributed by atoms with E-state index in [0.717, 1.165) is 23.4 Å². The molecule has 26 heavy (non-hydrogen) atoms. The van der Waals surface area contributed by atoms with E-state index < -0.39 is 0 Å². The predicted octanol–water partition coefficient (Wildman–Crippen LogP) is 4.53. The highest BCUT2D eigenvalue weighted by molar-refractivity contribution is 5.62. The maximum absolute atomic E-state index is 12.0. The van der Waals surface area contributed by atoms with Gasteiger partial charge in [-0.1, -0.05) is 25.5 Å². The molecule has 0 saturated heterocycles. The molecule has 5 nitrogen and oxygen atoms in total. The van der Waals surface area contributed by atoms with Crippen LogP contribution in [-0.2, 0) is 6.42 Å². The number of aryl methyl sites for hydroxylation is 1. The maximum atomic E-state index is 12.0. The third-order valence-electron chi connectivity index (χ3n) is 4.16. The van der Waals surface area contributed by atoms with Gasteiger partial charge >= 0.3 is 0 Å². The van der Waals surface area contributed by atoms with Crippen molar-refractivity contribution in [2.45, 2.75) is 26.2 Å². The van der Waals surface area contributed by atoms with Crippen molar-refractivity contribution in [1.82, 2.24) is 9.97 Å². The number of unbranched alkanes of at least 4 members (excludes halogenated alkanes) is 1. The Labute approximate surface area is 153 Å². The van der Waals surface area contributed by atoms with Gasteiger partial charge in [0.05, 0.1) is 12.8 Å².